The summed E-state index contributed by atoms with van der Waals surface area (Å²) in [6.07, 6.45) is -0.0352. The Hall–Kier alpha value is -1.43. The Morgan fingerprint density at radius 3 is 2.51 bits per heavy atom. The summed E-state index contributed by atoms with van der Waals surface area (Å²) < 4.78 is 73.8. The highest BCUT2D eigenvalue weighted by molar-refractivity contribution is 7.99. The number of halogens is 3. The minimum absolute atomic E-state index is 0.00602. The molecule has 0 radical (unpaired) electrons. The molecule has 0 aromatic heterocycles. The first kappa shape index (κ1) is 25.2. The Morgan fingerprint density at radius 2 is 1.83 bits per heavy atom. The Kier molecular flexibility index (Phi) is 6.82. The van der Waals surface area contributed by atoms with Gasteiger partial charge in [0.2, 0.25) is 0 Å². The molecule has 2 aromatic carbocycles. The summed E-state index contributed by atoms with van der Waals surface area (Å²) in [5.74, 6) is -1.31. The molecule has 190 valence electrons. The molecular formula is C24H26ClF2NO5S2. The molecule has 0 amide bonds. The van der Waals surface area contributed by atoms with E-state index < -0.39 is 38.2 Å². The minimum atomic E-state index is -4.20. The van der Waals surface area contributed by atoms with E-state index in [1.54, 1.807) is 11.8 Å². The van der Waals surface area contributed by atoms with Gasteiger partial charge in [-0.1, -0.05) is 11.6 Å². The highest BCUT2D eigenvalue weighted by Gasteiger charge is 2.61. The van der Waals surface area contributed by atoms with E-state index in [1.165, 1.54) is 24.3 Å². The van der Waals surface area contributed by atoms with Crippen LogP contribution in [0.2, 0.25) is 5.02 Å². The predicted octanol–water partition coefficient (Wildman–Crippen LogP) is 3.94. The lowest BCUT2D eigenvalue weighted by Gasteiger charge is -2.50. The van der Waals surface area contributed by atoms with Crippen molar-refractivity contribution in [1.29, 1.82) is 0 Å². The summed E-state index contributed by atoms with van der Waals surface area (Å²) in [6.45, 7) is 1.01. The van der Waals surface area contributed by atoms with Crippen molar-refractivity contribution in [1.82, 2.24) is 0 Å². The number of ether oxygens (including phenoxy) is 3. The zero-order chi connectivity index (χ0) is 24.8. The number of sulfone groups is 1. The second-order valence-electron chi connectivity index (χ2n) is 9.35. The van der Waals surface area contributed by atoms with Gasteiger partial charge < -0.3 is 19.9 Å². The first-order valence-corrected chi connectivity index (χ1v) is 14.4. The van der Waals surface area contributed by atoms with Gasteiger partial charge in [-0.05, 0) is 55.0 Å². The van der Waals surface area contributed by atoms with Crippen LogP contribution in [0.5, 0.6) is 5.75 Å². The van der Waals surface area contributed by atoms with Gasteiger partial charge in [-0.2, -0.15) is 11.8 Å². The van der Waals surface area contributed by atoms with E-state index in [-0.39, 0.29) is 41.4 Å². The summed E-state index contributed by atoms with van der Waals surface area (Å²) in [4.78, 5) is -0.00602. The minimum Gasteiger partial charge on any atom is -0.490 e. The van der Waals surface area contributed by atoms with Crippen LogP contribution < -0.4 is 10.5 Å². The average molecular weight is 546 g/mol. The average Bonchev–Trinajstić information content (AvgIpc) is 2.82. The number of hydrogen-bond donors (Lipinski definition) is 1. The monoisotopic (exact) mass is 545 g/mol. The maximum Gasteiger partial charge on any atom is 0.189 e. The zero-order valence-electron chi connectivity index (χ0n) is 18.8. The van der Waals surface area contributed by atoms with Crippen molar-refractivity contribution >= 4 is 33.2 Å². The molecule has 0 saturated carbocycles. The van der Waals surface area contributed by atoms with Gasteiger partial charge in [0.25, 0.3) is 0 Å². The van der Waals surface area contributed by atoms with E-state index in [2.05, 4.69) is 0 Å². The molecule has 2 aromatic rings. The number of hydrogen-bond acceptors (Lipinski definition) is 7. The Morgan fingerprint density at radius 1 is 1.11 bits per heavy atom. The molecule has 35 heavy (non-hydrogen) atoms. The van der Waals surface area contributed by atoms with E-state index in [0.29, 0.717) is 36.2 Å². The third-order valence-corrected chi connectivity index (χ3v) is 11.2. The fraction of sp³-hybridized carbons (Fsp3) is 0.500. The number of fused-ring (bicyclic) bond motifs is 3. The standard InChI is InChI=1S/C24H26ClF2NO5S2/c25-15-1-3-16(4-2-15)35(29,30)24-8-9-32-20(7-10-34-14-23(28)12-31-13-23)17(24)11-33-22-19(27)6-5-18(26)21(22)24/h1-6,17,20H,7-14,28H2/t17?,20-,24-/m0/s1. The van der Waals surface area contributed by atoms with Crippen molar-refractivity contribution in [2.45, 2.75) is 34.1 Å². The predicted molar refractivity (Wildman–Crippen MR) is 130 cm³/mol. The Balaban J connectivity index is 1.53. The van der Waals surface area contributed by atoms with Gasteiger partial charge in [-0.25, -0.2) is 17.2 Å². The number of rotatable bonds is 7. The fourth-order valence-electron chi connectivity index (χ4n) is 5.26. The van der Waals surface area contributed by atoms with Crippen LogP contribution in [0.25, 0.3) is 0 Å². The maximum atomic E-state index is 15.4. The van der Waals surface area contributed by atoms with Crippen LogP contribution in [0, 0.1) is 17.6 Å². The third-order valence-electron chi connectivity index (χ3n) is 7.06. The molecule has 3 aliphatic heterocycles. The molecule has 0 spiro atoms. The van der Waals surface area contributed by atoms with Gasteiger partial charge in [-0.15, -0.1) is 0 Å². The van der Waals surface area contributed by atoms with Gasteiger partial charge in [-0.3, -0.25) is 0 Å². The molecule has 6 nitrogen and oxygen atoms in total. The van der Waals surface area contributed by atoms with Crippen LogP contribution in [0.15, 0.2) is 41.3 Å². The molecule has 0 bridgehead atoms. The van der Waals surface area contributed by atoms with Gasteiger partial charge >= 0.3 is 0 Å². The molecule has 3 aliphatic rings. The summed E-state index contributed by atoms with van der Waals surface area (Å²) in [6, 6.07) is 7.66. The second kappa shape index (κ2) is 9.46. The van der Waals surface area contributed by atoms with Gasteiger partial charge in [0.05, 0.1) is 41.9 Å². The van der Waals surface area contributed by atoms with Gasteiger partial charge in [0.15, 0.2) is 21.4 Å². The quantitative estimate of drug-likeness (QED) is 0.527. The normalized spacial score (nSPS) is 27.3. The van der Waals surface area contributed by atoms with Crippen LogP contribution >= 0.6 is 23.4 Å². The SMILES string of the molecule is NC1(CSCC[C@@H]2OCC[C@@]3(S(=O)(=O)c4ccc(Cl)cc4)c4c(F)ccc(F)c4OCC23)COC1. The molecule has 2 fully saturated rings. The highest BCUT2D eigenvalue weighted by Crippen LogP contribution is 2.56. The van der Waals surface area contributed by atoms with Crippen molar-refractivity contribution in [2.24, 2.45) is 11.7 Å². The lowest BCUT2D eigenvalue weighted by atomic mass is 9.75. The van der Waals surface area contributed by atoms with E-state index in [9.17, 15) is 12.8 Å². The Bertz CT molecular complexity index is 1210. The van der Waals surface area contributed by atoms with E-state index in [0.717, 1.165) is 12.1 Å². The topological polar surface area (TPSA) is 87.9 Å². The summed E-state index contributed by atoms with van der Waals surface area (Å²) in [5.41, 5.74) is 5.61. The molecule has 2 saturated heterocycles. The molecule has 3 atom stereocenters. The number of nitrogens with two attached hydrogens (primary N) is 1. The van der Waals surface area contributed by atoms with E-state index >= 15 is 4.39 Å². The molecule has 1 unspecified atom stereocenters. The fourth-order valence-corrected chi connectivity index (χ4v) is 8.84. The van der Waals surface area contributed by atoms with Crippen LogP contribution in [-0.2, 0) is 24.1 Å². The van der Waals surface area contributed by atoms with E-state index in [4.69, 9.17) is 31.5 Å². The summed E-state index contributed by atoms with van der Waals surface area (Å²) >= 11 is 7.63. The zero-order valence-corrected chi connectivity index (χ0v) is 21.2. The van der Waals surface area contributed by atoms with Crippen molar-refractivity contribution in [3.05, 3.63) is 58.6 Å². The summed E-state index contributed by atoms with van der Waals surface area (Å²) in [5, 5.41) is 0.374. The number of thioether (sulfide) groups is 1. The molecule has 3 heterocycles. The largest absolute Gasteiger partial charge is 0.490 e. The second-order valence-corrected chi connectivity index (χ2v) is 13.1. The first-order chi connectivity index (χ1) is 16.7. The van der Waals surface area contributed by atoms with Crippen molar-refractivity contribution < 1.29 is 31.4 Å². The van der Waals surface area contributed by atoms with Crippen LogP contribution in [-0.4, -0.2) is 58.0 Å². The Labute approximate surface area is 212 Å². The van der Waals surface area contributed by atoms with Crippen LogP contribution in [0.3, 0.4) is 0 Å². The van der Waals surface area contributed by atoms with Gasteiger partial charge in [0, 0.05) is 23.3 Å². The molecule has 11 heteroatoms. The lowest BCUT2D eigenvalue weighted by Crippen LogP contribution is -2.59. The first-order valence-electron chi connectivity index (χ1n) is 11.4. The molecule has 5 rings (SSSR count). The van der Waals surface area contributed by atoms with Crippen molar-refractivity contribution in [3.8, 4) is 5.75 Å². The van der Waals surface area contributed by atoms with Crippen molar-refractivity contribution in [3.63, 3.8) is 0 Å². The summed E-state index contributed by atoms with van der Waals surface area (Å²) in [7, 11) is -4.20. The highest BCUT2D eigenvalue weighted by atomic mass is 35.5. The smallest absolute Gasteiger partial charge is 0.189 e. The van der Waals surface area contributed by atoms with Crippen LogP contribution in [0.1, 0.15) is 18.4 Å². The third kappa shape index (κ3) is 4.26. The lowest BCUT2D eigenvalue weighted by molar-refractivity contribution is -0.0731. The van der Waals surface area contributed by atoms with Crippen molar-refractivity contribution in [2.75, 3.05) is 37.9 Å². The van der Waals surface area contributed by atoms with Gasteiger partial charge in [0.1, 0.15) is 10.6 Å². The maximum absolute atomic E-state index is 15.4. The number of benzene rings is 2. The molecular weight excluding hydrogens is 520 g/mol. The molecule has 0 aliphatic carbocycles. The van der Waals surface area contributed by atoms with Crippen LogP contribution in [0.4, 0.5) is 8.78 Å². The molecule has 2 N–H and O–H groups in total. The van der Waals surface area contributed by atoms with E-state index in [1.807, 2.05) is 0 Å².